The summed E-state index contributed by atoms with van der Waals surface area (Å²) < 4.78 is 1.71. The maximum atomic E-state index is 12.3. The lowest BCUT2D eigenvalue weighted by Crippen LogP contribution is -2.33. The third-order valence-corrected chi connectivity index (χ3v) is 5.45. The molecule has 0 saturated carbocycles. The average molecular weight is 457 g/mol. The molecular weight excluding hydrogens is 424 g/mol. The van der Waals surface area contributed by atoms with Gasteiger partial charge in [0.05, 0.1) is 17.8 Å². The Kier molecular flexibility index (Phi) is 8.65. The fourth-order valence-corrected chi connectivity index (χ4v) is 3.27. The van der Waals surface area contributed by atoms with E-state index in [0.29, 0.717) is 10.8 Å². The minimum absolute atomic E-state index is 0.177. The van der Waals surface area contributed by atoms with Gasteiger partial charge in [-0.1, -0.05) is 18.6 Å². The van der Waals surface area contributed by atoms with Gasteiger partial charge in [0.1, 0.15) is 11.4 Å². The van der Waals surface area contributed by atoms with Crippen molar-refractivity contribution in [3.63, 3.8) is 0 Å². The number of anilines is 1. The lowest BCUT2D eigenvalue weighted by atomic mass is 10.1. The van der Waals surface area contributed by atoms with Gasteiger partial charge in [-0.25, -0.2) is 4.98 Å². The van der Waals surface area contributed by atoms with Gasteiger partial charge in [-0.3, -0.25) is 19.3 Å². The zero-order chi connectivity index (χ0) is 23.9. The van der Waals surface area contributed by atoms with Gasteiger partial charge in [0.15, 0.2) is 5.13 Å². The number of aromatic nitrogens is 3. The van der Waals surface area contributed by atoms with E-state index in [0.717, 1.165) is 17.8 Å². The molecule has 9 heteroatoms. The van der Waals surface area contributed by atoms with Gasteiger partial charge in [0.25, 0.3) is 5.91 Å². The van der Waals surface area contributed by atoms with Crippen molar-refractivity contribution in [3.05, 3.63) is 52.5 Å². The van der Waals surface area contributed by atoms with Crippen LogP contribution >= 0.6 is 11.3 Å². The molecule has 0 aliphatic heterocycles. The highest BCUT2D eigenvalue weighted by Gasteiger charge is 2.18. The Labute approximate surface area is 193 Å². The van der Waals surface area contributed by atoms with Crippen molar-refractivity contribution in [2.75, 3.05) is 11.9 Å². The van der Waals surface area contributed by atoms with Crippen LogP contribution in [-0.2, 0) is 10.3 Å². The zero-order valence-corrected chi connectivity index (χ0v) is 20.6. The smallest absolute Gasteiger partial charge is 0.272 e. The molecule has 0 aromatic carbocycles. The highest BCUT2D eigenvalue weighted by Crippen LogP contribution is 2.18. The van der Waals surface area contributed by atoms with E-state index in [1.165, 1.54) is 16.9 Å². The average Bonchev–Trinajstić information content (AvgIpc) is 3.40. The van der Waals surface area contributed by atoms with E-state index in [2.05, 4.69) is 39.6 Å². The van der Waals surface area contributed by atoms with E-state index < -0.39 is 5.91 Å². The largest absolute Gasteiger partial charge is 0.342 e. The number of carbonyl (C=O) groups excluding carboxylic acids is 2. The van der Waals surface area contributed by atoms with Crippen molar-refractivity contribution in [2.24, 2.45) is 4.99 Å². The van der Waals surface area contributed by atoms with Crippen LogP contribution in [0.1, 0.15) is 71.1 Å². The van der Waals surface area contributed by atoms with Crippen molar-refractivity contribution in [3.8, 4) is 0 Å². The molecule has 0 aliphatic carbocycles. The summed E-state index contributed by atoms with van der Waals surface area (Å²) in [7, 11) is 0. The maximum absolute atomic E-state index is 12.3. The number of rotatable bonds is 8. The number of allylic oxidation sites excluding steroid dienone is 4. The third kappa shape index (κ3) is 6.98. The Morgan fingerprint density at radius 3 is 2.56 bits per heavy atom. The molecule has 0 radical (unpaired) electrons. The van der Waals surface area contributed by atoms with Gasteiger partial charge < -0.3 is 10.6 Å². The summed E-state index contributed by atoms with van der Waals surface area (Å²) in [5, 5.41) is 11.9. The quantitative estimate of drug-likeness (QED) is 0.570. The van der Waals surface area contributed by atoms with E-state index >= 15 is 0 Å². The first-order valence-corrected chi connectivity index (χ1v) is 11.4. The minimum Gasteiger partial charge on any atom is -0.342 e. The van der Waals surface area contributed by atoms with Gasteiger partial charge in [-0.2, -0.15) is 5.10 Å². The summed E-state index contributed by atoms with van der Waals surface area (Å²) >= 11 is 1.31. The topological polar surface area (TPSA) is 101 Å². The Morgan fingerprint density at radius 1 is 1.25 bits per heavy atom. The number of carbonyl (C=O) groups is 2. The molecule has 0 bridgehead atoms. The summed E-state index contributed by atoms with van der Waals surface area (Å²) in [5.41, 5.74) is 3.62. The first-order valence-electron chi connectivity index (χ1n) is 10.5. The number of nitrogens with zero attached hydrogens (tertiary/aromatic N) is 4. The van der Waals surface area contributed by atoms with E-state index in [4.69, 9.17) is 0 Å². The molecule has 2 aromatic rings. The molecule has 0 fully saturated rings. The second-order valence-electron chi connectivity index (χ2n) is 8.30. The van der Waals surface area contributed by atoms with Crippen LogP contribution in [0.5, 0.6) is 0 Å². The SMILES string of the molecule is C/C=C\C(=NC(C)=C(C)CC)c1csc(NC(=O)CNC(=O)c2ccn(C(C)(C)C)n2)n1. The molecule has 0 aliphatic rings. The molecule has 0 spiro atoms. The molecule has 2 rings (SSSR count). The lowest BCUT2D eigenvalue weighted by molar-refractivity contribution is -0.115. The van der Waals surface area contributed by atoms with Crippen LogP contribution in [0.25, 0.3) is 0 Å². The van der Waals surface area contributed by atoms with Crippen LogP contribution in [0.2, 0.25) is 0 Å². The van der Waals surface area contributed by atoms with Gasteiger partial charge in [-0.05, 0) is 60.1 Å². The summed E-state index contributed by atoms with van der Waals surface area (Å²) in [6.07, 6.45) is 6.47. The van der Waals surface area contributed by atoms with Crippen molar-refractivity contribution in [1.82, 2.24) is 20.1 Å². The van der Waals surface area contributed by atoms with E-state index in [-0.39, 0.29) is 23.7 Å². The summed E-state index contributed by atoms with van der Waals surface area (Å²) in [6, 6.07) is 1.63. The summed E-state index contributed by atoms with van der Waals surface area (Å²) in [5.74, 6) is -0.768. The van der Waals surface area contributed by atoms with Gasteiger partial charge in [0.2, 0.25) is 5.91 Å². The van der Waals surface area contributed by atoms with Crippen molar-refractivity contribution < 1.29 is 9.59 Å². The second-order valence-corrected chi connectivity index (χ2v) is 9.16. The number of amides is 2. The Hall–Kier alpha value is -3.07. The van der Waals surface area contributed by atoms with Crippen molar-refractivity contribution in [1.29, 1.82) is 0 Å². The highest BCUT2D eigenvalue weighted by atomic mass is 32.1. The molecule has 0 unspecified atom stereocenters. The number of hydrogen-bond acceptors (Lipinski definition) is 6. The van der Waals surface area contributed by atoms with Crippen LogP contribution in [0.3, 0.4) is 0 Å². The molecule has 172 valence electrons. The fraction of sp³-hybridized carbons (Fsp3) is 0.435. The van der Waals surface area contributed by atoms with Crippen molar-refractivity contribution in [2.45, 2.75) is 60.4 Å². The van der Waals surface area contributed by atoms with Gasteiger partial charge >= 0.3 is 0 Å². The predicted molar refractivity (Wildman–Crippen MR) is 130 cm³/mol. The van der Waals surface area contributed by atoms with Crippen LogP contribution in [0.15, 0.2) is 46.1 Å². The highest BCUT2D eigenvalue weighted by molar-refractivity contribution is 7.14. The Morgan fingerprint density at radius 2 is 1.97 bits per heavy atom. The first-order chi connectivity index (χ1) is 15.0. The van der Waals surface area contributed by atoms with Gasteiger partial charge in [0, 0.05) is 17.3 Å². The molecule has 0 atom stereocenters. The molecule has 0 saturated heterocycles. The Bertz CT molecular complexity index is 1050. The van der Waals surface area contributed by atoms with E-state index in [9.17, 15) is 9.59 Å². The molecule has 2 heterocycles. The minimum atomic E-state index is -0.404. The Balaban J connectivity index is 2.00. The van der Waals surface area contributed by atoms with Gasteiger partial charge in [-0.15, -0.1) is 11.3 Å². The zero-order valence-electron chi connectivity index (χ0n) is 19.8. The number of hydrogen-bond donors (Lipinski definition) is 2. The standard InChI is InChI=1S/C23H32N6O2S/c1-8-10-17(25-16(4)15(3)9-2)19-14-32-22(26-19)27-20(30)13-24-21(31)18-11-12-29(28-18)23(5,6)7/h8,10-12,14H,9,13H2,1-7H3,(H,24,31)(H,26,27,30)/b10-8-,16-15?,25-17?. The molecule has 2 amide bonds. The van der Waals surface area contributed by atoms with Crippen LogP contribution in [-0.4, -0.2) is 38.8 Å². The number of thiazole rings is 1. The van der Waals surface area contributed by atoms with Crippen LogP contribution < -0.4 is 10.6 Å². The second kappa shape index (κ2) is 11.0. The maximum Gasteiger partial charge on any atom is 0.272 e. The predicted octanol–water partition coefficient (Wildman–Crippen LogP) is 4.53. The third-order valence-electron chi connectivity index (χ3n) is 4.69. The van der Waals surface area contributed by atoms with Crippen LogP contribution in [0, 0.1) is 0 Å². The number of aliphatic imine (C=N–C) groups is 1. The van der Waals surface area contributed by atoms with Crippen LogP contribution in [0.4, 0.5) is 5.13 Å². The summed E-state index contributed by atoms with van der Waals surface area (Å²) in [6.45, 7) is 13.8. The molecule has 8 nitrogen and oxygen atoms in total. The van der Waals surface area contributed by atoms with E-state index in [1.807, 2.05) is 52.2 Å². The molecule has 2 N–H and O–H groups in total. The fourth-order valence-electron chi connectivity index (χ4n) is 2.55. The molecular formula is C23H32N6O2S. The molecule has 2 aromatic heterocycles. The number of nitrogens with one attached hydrogen (secondary N) is 2. The lowest BCUT2D eigenvalue weighted by Gasteiger charge is -2.18. The monoisotopic (exact) mass is 456 g/mol. The molecule has 32 heavy (non-hydrogen) atoms. The summed E-state index contributed by atoms with van der Waals surface area (Å²) in [4.78, 5) is 33.7. The first kappa shape index (κ1) is 25.2. The normalized spacial score (nSPS) is 13.3. The van der Waals surface area contributed by atoms with Crippen molar-refractivity contribution >= 4 is 34.0 Å². The van der Waals surface area contributed by atoms with E-state index in [1.54, 1.807) is 16.9 Å².